The maximum absolute atomic E-state index is 5.52. The molecule has 0 saturated carbocycles. The van der Waals surface area contributed by atoms with E-state index in [9.17, 15) is 0 Å². The summed E-state index contributed by atoms with van der Waals surface area (Å²) in [5.41, 5.74) is 4.40. The third kappa shape index (κ3) is 2.43. The van der Waals surface area contributed by atoms with Gasteiger partial charge in [0, 0.05) is 22.7 Å². The number of aromatic nitrogens is 2. The van der Waals surface area contributed by atoms with Gasteiger partial charge in [-0.1, -0.05) is 0 Å². The number of aromatic amines is 2. The highest BCUT2D eigenvalue weighted by Gasteiger charge is 2.07. The second-order valence-corrected chi connectivity index (χ2v) is 6.58. The summed E-state index contributed by atoms with van der Waals surface area (Å²) in [6, 6.07) is 6.23. The van der Waals surface area contributed by atoms with Gasteiger partial charge in [-0.15, -0.1) is 11.3 Å². The lowest BCUT2D eigenvalue weighted by Crippen LogP contribution is -2.12. The molecule has 3 aromatic heterocycles. The van der Waals surface area contributed by atoms with Gasteiger partial charge in [0.05, 0.1) is 23.5 Å². The zero-order valence-electron chi connectivity index (χ0n) is 13.2. The largest absolute Gasteiger partial charge is 0.494 e. The van der Waals surface area contributed by atoms with Crippen LogP contribution in [0, 0.1) is 13.8 Å². The zero-order valence-corrected chi connectivity index (χ0v) is 14.0. The molecule has 0 spiro atoms. The van der Waals surface area contributed by atoms with Crippen molar-refractivity contribution in [3.63, 3.8) is 0 Å². The van der Waals surface area contributed by atoms with Crippen molar-refractivity contribution in [3.05, 3.63) is 61.1 Å². The van der Waals surface area contributed by atoms with Crippen LogP contribution < -0.4 is 25.3 Å². The van der Waals surface area contributed by atoms with Crippen molar-refractivity contribution in [1.82, 2.24) is 9.97 Å². The van der Waals surface area contributed by atoms with Crippen molar-refractivity contribution in [2.75, 3.05) is 7.11 Å². The van der Waals surface area contributed by atoms with Crippen LogP contribution in [0.15, 0.2) is 28.6 Å². The Balaban J connectivity index is 1.92. The Morgan fingerprint density at radius 2 is 2.09 bits per heavy atom. The van der Waals surface area contributed by atoms with E-state index in [0.29, 0.717) is 0 Å². The lowest BCUT2D eigenvalue weighted by molar-refractivity contribution is 0.412. The second kappa shape index (κ2) is 5.28. The summed E-state index contributed by atoms with van der Waals surface area (Å²) in [4.78, 5) is 11.5. The van der Waals surface area contributed by atoms with Crippen LogP contribution in [-0.4, -0.2) is 17.1 Å². The van der Waals surface area contributed by atoms with Crippen molar-refractivity contribution in [1.29, 1.82) is 0 Å². The summed E-state index contributed by atoms with van der Waals surface area (Å²) in [6.45, 7) is 4.15. The van der Waals surface area contributed by atoms with Crippen molar-refractivity contribution in [2.45, 2.75) is 13.8 Å². The van der Waals surface area contributed by atoms with Crippen molar-refractivity contribution in [2.24, 2.45) is 4.99 Å². The summed E-state index contributed by atoms with van der Waals surface area (Å²) in [5.74, 6) is 0.818. The monoisotopic (exact) mass is 323 g/mol. The number of aryl methyl sites for hydroxylation is 2. The number of ether oxygens (including phenoxy) is 1. The fourth-order valence-electron chi connectivity index (χ4n) is 2.85. The van der Waals surface area contributed by atoms with Crippen LogP contribution in [0.2, 0.25) is 0 Å². The van der Waals surface area contributed by atoms with Gasteiger partial charge in [-0.05, 0) is 49.1 Å². The molecule has 0 unspecified atom stereocenters. The van der Waals surface area contributed by atoms with Crippen LogP contribution in [0.3, 0.4) is 0 Å². The van der Waals surface area contributed by atoms with E-state index in [-0.39, 0.29) is 0 Å². The average molecular weight is 323 g/mol. The van der Waals surface area contributed by atoms with Gasteiger partial charge in [-0.3, -0.25) is 0 Å². The maximum Gasteiger partial charge on any atom is 0.144 e. The number of fused-ring (bicyclic) bond motifs is 1. The zero-order chi connectivity index (χ0) is 16.0. The predicted molar refractivity (Wildman–Crippen MR) is 93.4 cm³/mol. The number of methoxy groups -OCH3 is 1. The Morgan fingerprint density at radius 1 is 1.22 bits per heavy atom. The van der Waals surface area contributed by atoms with Gasteiger partial charge < -0.3 is 14.7 Å². The van der Waals surface area contributed by atoms with Crippen LogP contribution in [-0.2, 0) is 0 Å². The minimum atomic E-state index is 0.818. The molecule has 1 aliphatic rings. The highest BCUT2D eigenvalue weighted by molar-refractivity contribution is 7.07. The molecule has 0 aromatic carbocycles. The smallest absolute Gasteiger partial charge is 0.144 e. The maximum atomic E-state index is 5.52. The van der Waals surface area contributed by atoms with Gasteiger partial charge in [0.2, 0.25) is 0 Å². The SMILES string of the molecule is COc1cc(=C2C=c3ccsc3=N2)[nH]c1=Cc1[nH]c(C)cc1C. The van der Waals surface area contributed by atoms with Crippen molar-refractivity contribution >= 4 is 29.2 Å². The topological polar surface area (TPSA) is 53.2 Å². The first-order valence-corrected chi connectivity index (χ1v) is 8.31. The molecular formula is C18H17N3OS. The molecule has 0 atom stereocenters. The molecule has 4 heterocycles. The van der Waals surface area contributed by atoms with Gasteiger partial charge in [0.15, 0.2) is 0 Å². The number of nitrogens with zero attached hydrogens (tertiary/aromatic N) is 1. The molecule has 0 fully saturated rings. The first-order valence-electron chi connectivity index (χ1n) is 7.43. The molecular weight excluding hydrogens is 306 g/mol. The fourth-order valence-corrected chi connectivity index (χ4v) is 3.61. The molecule has 0 aliphatic carbocycles. The van der Waals surface area contributed by atoms with Crippen LogP contribution in [0.4, 0.5) is 0 Å². The lowest BCUT2D eigenvalue weighted by atomic mass is 10.2. The molecule has 116 valence electrons. The van der Waals surface area contributed by atoms with Crippen LogP contribution in [0.5, 0.6) is 5.75 Å². The second-order valence-electron chi connectivity index (χ2n) is 5.68. The normalized spacial score (nSPS) is 16.2. The fraction of sp³-hybridized carbons (Fsp3) is 0.167. The van der Waals surface area contributed by atoms with Gasteiger partial charge in [-0.25, -0.2) is 4.99 Å². The minimum absolute atomic E-state index is 0.818. The molecule has 0 saturated heterocycles. The summed E-state index contributed by atoms with van der Waals surface area (Å²) in [7, 11) is 1.69. The molecule has 4 rings (SSSR count). The summed E-state index contributed by atoms with van der Waals surface area (Å²) in [6.07, 6.45) is 4.18. The molecule has 23 heavy (non-hydrogen) atoms. The van der Waals surface area contributed by atoms with Crippen LogP contribution in [0.25, 0.3) is 17.8 Å². The highest BCUT2D eigenvalue weighted by Crippen LogP contribution is 2.10. The highest BCUT2D eigenvalue weighted by atomic mass is 32.1. The Labute approximate surface area is 137 Å². The molecule has 3 aromatic rings. The molecule has 2 N–H and O–H groups in total. The number of rotatable bonds is 2. The number of H-pyrrole nitrogens is 2. The Bertz CT molecular complexity index is 1100. The van der Waals surface area contributed by atoms with Gasteiger partial charge in [0.25, 0.3) is 0 Å². The van der Waals surface area contributed by atoms with Crippen molar-refractivity contribution in [3.8, 4) is 5.75 Å². The molecule has 4 nitrogen and oxygen atoms in total. The van der Waals surface area contributed by atoms with E-state index in [1.165, 1.54) is 10.8 Å². The van der Waals surface area contributed by atoms with E-state index in [0.717, 1.165) is 38.2 Å². The third-order valence-electron chi connectivity index (χ3n) is 3.97. The quantitative estimate of drug-likeness (QED) is 0.728. The average Bonchev–Trinajstić information content (AvgIpc) is 3.23. The first kappa shape index (κ1) is 14.1. The third-order valence-corrected chi connectivity index (χ3v) is 4.80. The Morgan fingerprint density at radius 3 is 2.78 bits per heavy atom. The van der Waals surface area contributed by atoms with Gasteiger partial charge in [0.1, 0.15) is 10.4 Å². The molecule has 0 radical (unpaired) electrons. The van der Waals surface area contributed by atoms with E-state index in [2.05, 4.69) is 58.5 Å². The minimum Gasteiger partial charge on any atom is -0.494 e. The van der Waals surface area contributed by atoms with E-state index in [1.54, 1.807) is 18.4 Å². The molecule has 5 heteroatoms. The lowest BCUT2D eigenvalue weighted by Gasteiger charge is -1.94. The van der Waals surface area contributed by atoms with E-state index in [1.807, 2.05) is 6.07 Å². The van der Waals surface area contributed by atoms with Gasteiger partial charge >= 0.3 is 0 Å². The molecule has 1 aliphatic heterocycles. The number of nitrogens with one attached hydrogen (secondary N) is 2. The number of hydrogen-bond acceptors (Lipinski definition) is 3. The van der Waals surface area contributed by atoms with Gasteiger partial charge in [-0.2, -0.15) is 0 Å². The van der Waals surface area contributed by atoms with E-state index >= 15 is 0 Å². The number of hydrogen-bond donors (Lipinski definition) is 2. The number of thiophene rings is 1. The van der Waals surface area contributed by atoms with Crippen molar-refractivity contribution < 1.29 is 4.74 Å². The van der Waals surface area contributed by atoms with E-state index in [4.69, 9.17) is 4.74 Å². The van der Waals surface area contributed by atoms with Crippen LogP contribution >= 0.6 is 11.3 Å². The summed E-state index contributed by atoms with van der Waals surface area (Å²) >= 11 is 1.66. The Hall–Kier alpha value is -2.53. The summed E-state index contributed by atoms with van der Waals surface area (Å²) < 4.78 is 6.59. The Kier molecular flexibility index (Phi) is 3.23. The summed E-state index contributed by atoms with van der Waals surface area (Å²) in [5, 5.41) is 5.16. The molecule has 0 bridgehead atoms. The molecule has 0 amide bonds. The standard InChI is InChI=1S/C18H17N3OS/c1-10-6-11(2)19-13(10)8-16-17(22-3)9-15(20-16)14-7-12-4-5-23-18(12)21-14/h4-9,19-20H,1-3H3. The van der Waals surface area contributed by atoms with Crippen LogP contribution in [0.1, 0.15) is 17.0 Å². The first-order chi connectivity index (χ1) is 11.1. The predicted octanol–water partition coefficient (Wildman–Crippen LogP) is 1.08. The van der Waals surface area contributed by atoms with E-state index < -0.39 is 0 Å².